The monoisotopic (exact) mass is 480 g/mol. The summed E-state index contributed by atoms with van der Waals surface area (Å²) in [7, 11) is -0.934. The van der Waals surface area contributed by atoms with Crippen molar-refractivity contribution in [3.05, 3.63) is 78.0 Å². The molecule has 1 amide bonds. The molecule has 0 aliphatic carbocycles. The molecule has 0 unspecified atom stereocenters. The number of anilines is 2. The van der Waals surface area contributed by atoms with Crippen molar-refractivity contribution in [1.82, 2.24) is 9.88 Å². The number of hydrogen-bond acceptors (Lipinski definition) is 6. The molecular formula is C25H28N4O4S. The van der Waals surface area contributed by atoms with E-state index in [-0.39, 0.29) is 10.8 Å². The maximum absolute atomic E-state index is 13.4. The van der Waals surface area contributed by atoms with Gasteiger partial charge in [0.2, 0.25) is 0 Å². The number of nitrogens with zero attached hydrogens (tertiary/aromatic N) is 4. The number of amides is 1. The fourth-order valence-electron chi connectivity index (χ4n) is 4.02. The van der Waals surface area contributed by atoms with Crippen LogP contribution in [0.3, 0.4) is 0 Å². The second-order valence-corrected chi connectivity index (χ2v) is 10.1. The number of ether oxygens (including phenoxy) is 1. The number of aromatic nitrogens is 1. The normalized spacial score (nSPS) is 14.1. The van der Waals surface area contributed by atoms with Crippen LogP contribution in [0.5, 0.6) is 5.75 Å². The van der Waals surface area contributed by atoms with E-state index in [4.69, 9.17) is 4.74 Å². The molecule has 3 aromatic rings. The molecule has 1 aliphatic rings. The number of rotatable bonds is 6. The minimum Gasteiger partial charge on any atom is -0.495 e. The Bertz CT molecular complexity index is 1270. The van der Waals surface area contributed by atoms with Gasteiger partial charge in [-0.05, 0) is 48.9 Å². The zero-order chi connectivity index (χ0) is 24.3. The smallest absolute Gasteiger partial charge is 0.264 e. The molecule has 2 heterocycles. The molecule has 0 bridgehead atoms. The average Bonchev–Trinajstić information content (AvgIpc) is 2.88. The van der Waals surface area contributed by atoms with Crippen LogP contribution in [0.25, 0.3) is 0 Å². The van der Waals surface area contributed by atoms with Crippen LogP contribution in [-0.2, 0) is 10.0 Å². The standard InChI is InChI=1S/C25H28N4O4S/c1-19-11-12-20(34(31,32)27(2)22-8-4-5-9-23(22)33-3)18-21(19)25(30)29-16-14-28(15-17-29)24-10-6-7-13-26-24/h4-13,18H,14-17H2,1-3H3. The fraction of sp³-hybridized carbons (Fsp3) is 0.280. The molecule has 34 heavy (non-hydrogen) atoms. The number of pyridine rings is 1. The second-order valence-electron chi connectivity index (χ2n) is 8.09. The summed E-state index contributed by atoms with van der Waals surface area (Å²) in [5, 5.41) is 0. The van der Waals surface area contributed by atoms with Crippen molar-refractivity contribution < 1.29 is 17.9 Å². The Morgan fingerprint density at radius 2 is 1.71 bits per heavy atom. The zero-order valence-corrected chi connectivity index (χ0v) is 20.3. The first kappa shape index (κ1) is 23.6. The van der Waals surface area contributed by atoms with Crippen molar-refractivity contribution in [3.63, 3.8) is 0 Å². The number of hydrogen-bond donors (Lipinski definition) is 0. The Balaban J connectivity index is 1.55. The minimum absolute atomic E-state index is 0.0574. The van der Waals surface area contributed by atoms with E-state index in [2.05, 4.69) is 9.88 Å². The van der Waals surface area contributed by atoms with Crippen molar-refractivity contribution in [2.24, 2.45) is 0 Å². The van der Waals surface area contributed by atoms with Gasteiger partial charge in [0.25, 0.3) is 15.9 Å². The van der Waals surface area contributed by atoms with Gasteiger partial charge in [0.15, 0.2) is 0 Å². The number of carbonyl (C=O) groups is 1. The predicted octanol–water partition coefficient (Wildman–Crippen LogP) is 3.19. The number of sulfonamides is 1. The molecule has 0 spiro atoms. The number of aryl methyl sites for hydroxylation is 1. The first-order chi connectivity index (χ1) is 16.3. The van der Waals surface area contributed by atoms with Crippen LogP contribution < -0.4 is 13.9 Å². The van der Waals surface area contributed by atoms with Crippen LogP contribution in [0.2, 0.25) is 0 Å². The minimum atomic E-state index is -3.91. The van der Waals surface area contributed by atoms with Gasteiger partial charge >= 0.3 is 0 Å². The first-order valence-electron chi connectivity index (χ1n) is 11.0. The molecule has 8 nitrogen and oxygen atoms in total. The molecule has 0 atom stereocenters. The number of benzene rings is 2. The van der Waals surface area contributed by atoms with Crippen LogP contribution in [0.15, 0.2) is 71.8 Å². The summed E-state index contributed by atoms with van der Waals surface area (Å²) in [5.74, 6) is 1.16. The molecule has 1 fully saturated rings. The van der Waals surface area contributed by atoms with E-state index in [0.29, 0.717) is 43.2 Å². The number of methoxy groups -OCH3 is 1. The summed E-state index contributed by atoms with van der Waals surface area (Å²) in [6, 6.07) is 17.4. The summed E-state index contributed by atoms with van der Waals surface area (Å²) in [6.07, 6.45) is 1.75. The van der Waals surface area contributed by atoms with Gasteiger partial charge in [-0.3, -0.25) is 9.10 Å². The SMILES string of the molecule is COc1ccccc1N(C)S(=O)(=O)c1ccc(C)c(C(=O)N2CCN(c3ccccn3)CC2)c1. The van der Waals surface area contributed by atoms with E-state index >= 15 is 0 Å². The lowest BCUT2D eigenvalue weighted by atomic mass is 10.1. The van der Waals surface area contributed by atoms with Crippen LogP contribution >= 0.6 is 0 Å². The molecule has 1 aromatic heterocycles. The van der Waals surface area contributed by atoms with Crippen molar-refractivity contribution in [2.45, 2.75) is 11.8 Å². The summed E-state index contributed by atoms with van der Waals surface area (Å²) < 4.78 is 33.3. The Morgan fingerprint density at radius 1 is 1.00 bits per heavy atom. The van der Waals surface area contributed by atoms with Crippen molar-refractivity contribution >= 4 is 27.4 Å². The van der Waals surface area contributed by atoms with Crippen LogP contribution in [0, 0.1) is 6.92 Å². The van der Waals surface area contributed by atoms with Gasteiger partial charge in [-0.2, -0.15) is 0 Å². The lowest BCUT2D eigenvalue weighted by Gasteiger charge is -2.35. The van der Waals surface area contributed by atoms with Gasteiger partial charge in [-0.25, -0.2) is 13.4 Å². The zero-order valence-electron chi connectivity index (χ0n) is 19.5. The third-order valence-corrected chi connectivity index (χ3v) is 7.83. The predicted molar refractivity (Wildman–Crippen MR) is 132 cm³/mol. The van der Waals surface area contributed by atoms with Crippen LogP contribution in [-0.4, -0.2) is 64.5 Å². The van der Waals surface area contributed by atoms with Gasteiger partial charge in [0.05, 0.1) is 17.7 Å². The number of para-hydroxylation sites is 2. The maximum atomic E-state index is 13.4. The summed E-state index contributed by atoms with van der Waals surface area (Å²) in [6.45, 7) is 4.21. The van der Waals surface area contributed by atoms with Gasteiger partial charge < -0.3 is 14.5 Å². The lowest BCUT2D eigenvalue weighted by molar-refractivity contribution is 0.0745. The molecule has 178 valence electrons. The lowest BCUT2D eigenvalue weighted by Crippen LogP contribution is -2.49. The summed E-state index contributed by atoms with van der Waals surface area (Å²) in [5.41, 5.74) is 1.54. The van der Waals surface area contributed by atoms with E-state index < -0.39 is 10.0 Å². The van der Waals surface area contributed by atoms with Crippen LogP contribution in [0.4, 0.5) is 11.5 Å². The fourth-order valence-corrected chi connectivity index (χ4v) is 5.25. The highest BCUT2D eigenvalue weighted by atomic mass is 32.2. The molecule has 2 aromatic carbocycles. The van der Waals surface area contributed by atoms with E-state index in [9.17, 15) is 13.2 Å². The van der Waals surface area contributed by atoms with Gasteiger partial charge in [0, 0.05) is 45.0 Å². The largest absolute Gasteiger partial charge is 0.495 e. The highest BCUT2D eigenvalue weighted by molar-refractivity contribution is 7.92. The molecule has 1 saturated heterocycles. The molecule has 0 radical (unpaired) electrons. The van der Waals surface area contributed by atoms with E-state index in [1.165, 1.54) is 30.6 Å². The Kier molecular flexibility index (Phi) is 6.74. The van der Waals surface area contributed by atoms with Crippen molar-refractivity contribution in [1.29, 1.82) is 0 Å². The first-order valence-corrected chi connectivity index (χ1v) is 12.4. The van der Waals surface area contributed by atoms with Crippen molar-refractivity contribution in [2.75, 3.05) is 49.5 Å². The van der Waals surface area contributed by atoms with E-state index in [1.807, 2.05) is 25.1 Å². The number of piperazine rings is 1. The highest BCUT2D eigenvalue weighted by Crippen LogP contribution is 2.31. The average molecular weight is 481 g/mol. The maximum Gasteiger partial charge on any atom is 0.264 e. The topological polar surface area (TPSA) is 83.0 Å². The van der Waals surface area contributed by atoms with Crippen molar-refractivity contribution in [3.8, 4) is 5.75 Å². The molecular weight excluding hydrogens is 452 g/mol. The molecule has 9 heteroatoms. The van der Waals surface area contributed by atoms with Crippen LogP contribution in [0.1, 0.15) is 15.9 Å². The van der Waals surface area contributed by atoms with Gasteiger partial charge in [-0.15, -0.1) is 0 Å². The number of carbonyl (C=O) groups excluding carboxylic acids is 1. The van der Waals surface area contributed by atoms with Gasteiger partial charge in [-0.1, -0.05) is 24.3 Å². The second kappa shape index (κ2) is 9.72. The van der Waals surface area contributed by atoms with E-state index in [0.717, 1.165) is 11.4 Å². The summed E-state index contributed by atoms with van der Waals surface area (Å²) >= 11 is 0. The Morgan fingerprint density at radius 3 is 2.38 bits per heavy atom. The molecule has 0 saturated carbocycles. The highest BCUT2D eigenvalue weighted by Gasteiger charge is 2.28. The molecule has 4 rings (SSSR count). The third kappa shape index (κ3) is 4.56. The van der Waals surface area contributed by atoms with Gasteiger partial charge in [0.1, 0.15) is 11.6 Å². The molecule has 0 N–H and O–H groups in total. The Labute approximate surface area is 200 Å². The third-order valence-electron chi connectivity index (χ3n) is 6.06. The molecule has 1 aliphatic heterocycles. The van der Waals surface area contributed by atoms with E-state index in [1.54, 1.807) is 41.4 Å². The summed E-state index contributed by atoms with van der Waals surface area (Å²) in [4.78, 5) is 21.7. The Hall–Kier alpha value is -3.59. The quantitative estimate of drug-likeness (QED) is 0.539.